The fourth-order valence-electron chi connectivity index (χ4n) is 1.91. The first-order chi connectivity index (χ1) is 10.1. The van der Waals surface area contributed by atoms with Crippen molar-refractivity contribution < 1.29 is 14.5 Å². The van der Waals surface area contributed by atoms with Crippen molar-refractivity contribution >= 4 is 17.3 Å². The maximum atomic E-state index is 11.8. The van der Waals surface area contributed by atoms with Crippen LogP contribution in [0.5, 0.6) is 0 Å². The Kier molecular flexibility index (Phi) is 5.10. The van der Waals surface area contributed by atoms with Crippen LogP contribution in [-0.4, -0.2) is 37.6 Å². The monoisotopic (exact) mass is 293 g/mol. The van der Waals surface area contributed by atoms with Crippen LogP contribution in [0.2, 0.25) is 0 Å². The second kappa shape index (κ2) is 7.03. The van der Waals surface area contributed by atoms with Gasteiger partial charge < -0.3 is 15.4 Å². The molecule has 1 fully saturated rings. The zero-order valence-electron chi connectivity index (χ0n) is 11.9. The first kappa shape index (κ1) is 15.2. The highest BCUT2D eigenvalue weighted by molar-refractivity contribution is 6.00. The van der Waals surface area contributed by atoms with E-state index in [0.29, 0.717) is 24.8 Å². The Morgan fingerprint density at radius 3 is 2.86 bits per heavy atom. The van der Waals surface area contributed by atoms with Gasteiger partial charge in [0.05, 0.1) is 17.1 Å². The van der Waals surface area contributed by atoms with E-state index >= 15 is 0 Å². The fourth-order valence-corrected chi connectivity index (χ4v) is 1.91. The summed E-state index contributed by atoms with van der Waals surface area (Å²) in [5.41, 5.74) is 0.716. The number of nitro groups is 1. The van der Waals surface area contributed by atoms with Crippen LogP contribution < -0.4 is 10.6 Å². The van der Waals surface area contributed by atoms with E-state index < -0.39 is 4.92 Å². The molecular formula is C14H19N3O4. The Bertz CT molecular complexity index is 529. The maximum Gasteiger partial charge on any atom is 0.270 e. The molecule has 1 aliphatic carbocycles. The highest BCUT2D eigenvalue weighted by Crippen LogP contribution is 2.28. The van der Waals surface area contributed by atoms with Crippen LogP contribution in [0.25, 0.3) is 0 Å². The summed E-state index contributed by atoms with van der Waals surface area (Å²) < 4.78 is 5.50. The Balaban J connectivity index is 1.95. The molecule has 1 aromatic carbocycles. The van der Waals surface area contributed by atoms with Gasteiger partial charge in [-0.3, -0.25) is 14.9 Å². The summed E-state index contributed by atoms with van der Waals surface area (Å²) in [5.74, 6) is 0.353. The molecule has 0 bridgehead atoms. The number of carbonyl (C=O) groups is 1. The molecule has 7 nitrogen and oxygen atoms in total. The average Bonchev–Trinajstić information content (AvgIpc) is 3.30. The number of rotatable bonds is 8. The van der Waals surface area contributed by atoms with Gasteiger partial charge in [0, 0.05) is 38.0 Å². The van der Waals surface area contributed by atoms with E-state index in [1.54, 1.807) is 6.07 Å². The Morgan fingerprint density at radius 1 is 1.48 bits per heavy atom. The molecule has 0 unspecified atom stereocenters. The van der Waals surface area contributed by atoms with Gasteiger partial charge in [-0.25, -0.2) is 0 Å². The van der Waals surface area contributed by atoms with Crippen molar-refractivity contribution in [3.63, 3.8) is 0 Å². The lowest BCUT2D eigenvalue weighted by Gasteiger charge is -2.11. The first-order valence-corrected chi connectivity index (χ1v) is 6.94. The van der Waals surface area contributed by atoms with E-state index in [2.05, 4.69) is 10.6 Å². The van der Waals surface area contributed by atoms with Crippen LogP contribution in [0, 0.1) is 16.0 Å². The maximum absolute atomic E-state index is 11.8. The number of nitrogens with one attached hydrogen (secondary N) is 2. The first-order valence-electron chi connectivity index (χ1n) is 6.94. The van der Waals surface area contributed by atoms with Crippen molar-refractivity contribution in [3.05, 3.63) is 33.9 Å². The number of nitrogens with zero attached hydrogens (tertiary/aromatic N) is 1. The smallest absolute Gasteiger partial charge is 0.270 e. The minimum Gasteiger partial charge on any atom is -0.382 e. The number of benzene rings is 1. The van der Waals surface area contributed by atoms with Crippen molar-refractivity contribution in [3.8, 4) is 0 Å². The van der Waals surface area contributed by atoms with Crippen LogP contribution in [-0.2, 0) is 4.74 Å². The van der Waals surface area contributed by atoms with Gasteiger partial charge in [-0.2, -0.15) is 0 Å². The highest BCUT2D eigenvalue weighted by Gasteiger charge is 2.21. The van der Waals surface area contributed by atoms with E-state index in [-0.39, 0.29) is 17.2 Å². The number of anilines is 1. The van der Waals surface area contributed by atoms with Gasteiger partial charge in [0.15, 0.2) is 0 Å². The topological polar surface area (TPSA) is 93.5 Å². The van der Waals surface area contributed by atoms with E-state index in [1.165, 1.54) is 32.0 Å². The van der Waals surface area contributed by atoms with E-state index in [0.717, 1.165) is 6.61 Å². The Labute approximate surface area is 122 Å². The van der Waals surface area contributed by atoms with Gasteiger partial charge in [0.2, 0.25) is 0 Å². The third kappa shape index (κ3) is 4.42. The molecule has 0 aliphatic heterocycles. The largest absolute Gasteiger partial charge is 0.382 e. The molecule has 1 aromatic rings. The molecule has 0 aromatic heterocycles. The molecule has 0 heterocycles. The number of hydrogen-bond acceptors (Lipinski definition) is 5. The summed E-state index contributed by atoms with van der Waals surface area (Å²) in [5, 5.41) is 16.3. The van der Waals surface area contributed by atoms with E-state index in [4.69, 9.17) is 4.74 Å². The van der Waals surface area contributed by atoms with Gasteiger partial charge in [0.25, 0.3) is 11.6 Å². The molecule has 1 amide bonds. The Hall–Kier alpha value is -2.15. The standard InChI is InChI=1S/C14H19N3O4/c1-15-14(18)12-8-11(17(19)20)4-5-13(12)16-6-7-21-9-10-2-3-10/h4-5,8,10,16H,2-3,6-7,9H2,1H3,(H,15,18). The fraction of sp³-hybridized carbons (Fsp3) is 0.500. The van der Waals surface area contributed by atoms with Crippen LogP contribution in [0.4, 0.5) is 11.4 Å². The lowest BCUT2D eigenvalue weighted by atomic mass is 10.1. The molecule has 0 atom stereocenters. The highest BCUT2D eigenvalue weighted by atomic mass is 16.6. The summed E-state index contributed by atoms with van der Waals surface area (Å²) in [4.78, 5) is 22.0. The van der Waals surface area contributed by atoms with Gasteiger partial charge in [0.1, 0.15) is 0 Å². The van der Waals surface area contributed by atoms with Gasteiger partial charge in [-0.15, -0.1) is 0 Å². The predicted octanol–water partition coefficient (Wildman–Crippen LogP) is 1.79. The number of amides is 1. The summed E-state index contributed by atoms with van der Waals surface area (Å²) in [7, 11) is 1.49. The molecule has 114 valence electrons. The average molecular weight is 293 g/mol. The third-order valence-corrected chi connectivity index (χ3v) is 3.30. The second-order valence-corrected chi connectivity index (χ2v) is 5.01. The quantitative estimate of drug-likeness (QED) is 0.433. The summed E-state index contributed by atoms with van der Waals surface area (Å²) >= 11 is 0. The molecule has 1 saturated carbocycles. The normalized spacial score (nSPS) is 13.8. The zero-order chi connectivity index (χ0) is 15.2. The lowest BCUT2D eigenvalue weighted by Crippen LogP contribution is -2.21. The summed E-state index contributed by atoms with van der Waals surface area (Å²) in [6.45, 7) is 1.87. The molecule has 0 spiro atoms. The molecule has 1 aliphatic rings. The number of nitro benzene ring substituents is 1. The second-order valence-electron chi connectivity index (χ2n) is 5.01. The van der Waals surface area contributed by atoms with Crippen molar-refractivity contribution in [1.29, 1.82) is 0 Å². The molecule has 0 saturated heterocycles. The van der Waals surface area contributed by atoms with Crippen molar-refractivity contribution in [1.82, 2.24) is 5.32 Å². The minimum absolute atomic E-state index is 0.107. The van der Waals surface area contributed by atoms with Gasteiger partial charge in [-0.1, -0.05) is 0 Å². The van der Waals surface area contributed by atoms with Crippen LogP contribution >= 0.6 is 0 Å². The van der Waals surface area contributed by atoms with Gasteiger partial charge >= 0.3 is 0 Å². The molecule has 21 heavy (non-hydrogen) atoms. The molecule has 0 radical (unpaired) electrons. The van der Waals surface area contributed by atoms with E-state index in [1.807, 2.05) is 0 Å². The molecular weight excluding hydrogens is 274 g/mol. The van der Waals surface area contributed by atoms with Crippen LogP contribution in [0.1, 0.15) is 23.2 Å². The van der Waals surface area contributed by atoms with Crippen molar-refractivity contribution in [2.75, 3.05) is 32.1 Å². The third-order valence-electron chi connectivity index (χ3n) is 3.30. The molecule has 2 rings (SSSR count). The van der Waals surface area contributed by atoms with Crippen molar-refractivity contribution in [2.24, 2.45) is 5.92 Å². The number of carbonyl (C=O) groups excluding carboxylic acids is 1. The Morgan fingerprint density at radius 2 is 2.24 bits per heavy atom. The molecule has 7 heteroatoms. The zero-order valence-corrected chi connectivity index (χ0v) is 11.9. The van der Waals surface area contributed by atoms with Gasteiger partial charge in [-0.05, 0) is 24.8 Å². The van der Waals surface area contributed by atoms with Crippen molar-refractivity contribution in [2.45, 2.75) is 12.8 Å². The number of ether oxygens (including phenoxy) is 1. The summed E-state index contributed by atoms with van der Waals surface area (Å²) in [6.07, 6.45) is 2.49. The minimum atomic E-state index is -0.519. The lowest BCUT2D eigenvalue weighted by molar-refractivity contribution is -0.384. The van der Waals surface area contributed by atoms with E-state index in [9.17, 15) is 14.9 Å². The summed E-state index contributed by atoms with van der Waals surface area (Å²) in [6, 6.07) is 4.19. The van der Waals surface area contributed by atoms with Crippen LogP contribution in [0.3, 0.4) is 0 Å². The predicted molar refractivity (Wildman–Crippen MR) is 78.5 cm³/mol. The molecule has 2 N–H and O–H groups in total. The van der Waals surface area contributed by atoms with Crippen LogP contribution in [0.15, 0.2) is 18.2 Å². The SMILES string of the molecule is CNC(=O)c1cc([N+](=O)[O-])ccc1NCCOCC1CC1. The number of non-ortho nitro benzene ring substituents is 1. The number of hydrogen-bond donors (Lipinski definition) is 2.